The molecular weight excluding hydrogens is 204 g/mol. The molecule has 0 atom stereocenters. The van der Waals surface area contributed by atoms with Crippen LogP contribution in [-0.4, -0.2) is 36.1 Å². The number of nitrogens with two attached hydrogens (primary N) is 1. The van der Waals surface area contributed by atoms with Gasteiger partial charge in [-0.3, -0.25) is 10.4 Å². The van der Waals surface area contributed by atoms with Gasteiger partial charge < -0.3 is 15.7 Å². The van der Waals surface area contributed by atoms with E-state index >= 15 is 0 Å². The largest absolute Gasteiger partial charge is 0.395 e. The Bertz CT molecular complexity index is 403. The van der Waals surface area contributed by atoms with Crippen molar-refractivity contribution in [3.8, 4) is 0 Å². The molecule has 1 aromatic heterocycles. The summed E-state index contributed by atoms with van der Waals surface area (Å²) in [6.45, 7) is 4.30. The number of hydrogen-bond acceptors (Lipinski definition) is 4. The van der Waals surface area contributed by atoms with Crippen molar-refractivity contribution in [1.29, 1.82) is 5.41 Å². The highest BCUT2D eigenvalue weighted by Crippen LogP contribution is 2.22. The molecule has 0 saturated heterocycles. The molecule has 0 fully saturated rings. The van der Waals surface area contributed by atoms with Crippen LogP contribution in [0.1, 0.15) is 17.0 Å². The summed E-state index contributed by atoms with van der Waals surface area (Å²) < 4.78 is 0. The summed E-state index contributed by atoms with van der Waals surface area (Å²) in [6.07, 6.45) is 0. The third-order valence-electron chi connectivity index (χ3n) is 2.42. The topological polar surface area (TPSA) is 86.2 Å². The Balaban J connectivity index is 3.29. The molecule has 0 aliphatic heterocycles. The number of nitrogens with one attached hydrogen (secondary N) is 1. The average molecular weight is 222 g/mol. The lowest BCUT2D eigenvalue weighted by molar-refractivity contribution is 0.304. The number of hydrogen-bond donors (Lipinski definition) is 3. The number of nitrogen functional groups attached to an aromatic ring is 1. The second-order valence-electron chi connectivity index (χ2n) is 3.80. The van der Waals surface area contributed by atoms with Crippen molar-refractivity contribution in [1.82, 2.24) is 4.98 Å². The Morgan fingerprint density at radius 1 is 1.56 bits per heavy atom. The summed E-state index contributed by atoms with van der Waals surface area (Å²) in [5.41, 5.74) is 8.65. The minimum Gasteiger partial charge on any atom is -0.395 e. The fourth-order valence-corrected chi connectivity index (χ4v) is 1.71. The van der Waals surface area contributed by atoms with Crippen molar-refractivity contribution < 1.29 is 5.11 Å². The second-order valence-corrected chi connectivity index (χ2v) is 3.80. The van der Waals surface area contributed by atoms with E-state index in [1.54, 1.807) is 0 Å². The van der Waals surface area contributed by atoms with Gasteiger partial charge in [0.2, 0.25) is 0 Å². The van der Waals surface area contributed by atoms with E-state index in [4.69, 9.17) is 16.2 Å². The van der Waals surface area contributed by atoms with Crippen molar-refractivity contribution in [2.75, 3.05) is 25.1 Å². The zero-order valence-corrected chi connectivity index (χ0v) is 9.91. The highest BCUT2D eigenvalue weighted by atomic mass is 16.3. The van der Waals surface area contributed by atoms with Crippen LogP contribution in [0, 0.1) is 19.3 Å². The van der Waals surface area contributed by atoms with E-state index in [1.807, 2.05) is 31.9 Å². The van der Waals surface area contributed by atoms with Gasteiger partial charge >= 0.3 is 0 Å². The van der Waals surface area contributed by atoms with Crippen LogP contribution in [-0.2, 0) is 0 Å². The Morgan fingerprint density at radius 3 is 2.69 bits per heavy atom. The van der Waals surface area contributed by atoms with Gasteiger partial charge in [0.05, 0.1) is 23.6 Å². The maximum atomic E-state index is 8.92. The van der Waals surface area contributed by atoms with Gasteiger partial charge in [-0.2, -0.15) is 0 Å². The number of aromatic nitrogens is 1. The third-order valence-corrected chi connectivity index (χ3v) is 2.42. The molecule has 0 amide bonds. The molecule has 0 saturated carbocycles. The smallest absolute Gasteiger partial charge is 0.126 e. The molecule has 1 aromatic rings. The Morgan fingerprint density at radius 2 is 2.19 bits per heavy atom. The molecule has 0 bridgehead atoms. The normalized spacial score (nSPS) is 10.2. The maximum absolute atomic E-state index is 8.92. The number of pyridine rings is 1. The Labute approximate surface area is 95.4 Å². The lowest BCUT2D eigenvalue weighted by atomic mass is 10.1. The molecule has 1 rings (SSSR count). The molecule has 0 aliphatic carbocycles. The minimum absolute atomic E-state index is 0.00443. The van der Waals surface area contributed by atoms with E-state index in [-0.39, 0.29) is 12.4 Å². The van der Waals surface area contributed by atoms with Crippen molar-refractivity contribution in [2.24, 2.45) is 5.73 Å². The molecule has 0 aliphatic rings. The van der Waals surface area contributed by atoms with Gasteiger partial charge in [-0.25, -0.2) is 0 Å². The minimum atomic E-state index is 0.00443. The first kappa shape index (κ1) is 12.4. The molecule has 4 N–H and O–H groups in total. The zero-order valence-electron chi connectivity index (χ0n) is 9.91. The molecule has 0 unspecified atom stereocenters. The second kappa shape index (κ2) is 4.94. The predicted octanol–water partition coefficient (Wildman–Crippen LogP) is 0.411. The average Bonchev–Trinajstić information content (AvgIpc) is 2.15. The highest BCUT2D eigenvalue weighted by Gasteiger charge is 2.14. The van der Waals surface area contributed by atoms with E-state index in [2.05, 4.69) is 4.98 Å². The fraction of sp³-hybridized carbons (Fsp3) is 0.455. The van der Waals surface area contributed by atoms with Crippen LogP contribution >= 0.6 is 0 Å². The maximum Gasteiger partial charge on any atom is 0.126 e. The van der Waals surface area contributed by atoms with Gasteiger partial charge in [0.25, 0.3) is 0 Å². The SMILES string of the molecule is Cc1cc(N(C)CCO)c(C(=N)N)c(C)n1. The molecule has 5 heteroatoms. The van der Waals surface area contributed by atoms with Gasteiger partial charge in [0.15, 0.2) is 0 Å². The van der Waals surface area contributed by atoms with Gasteiger partial charge in [-0.15, -0.1) is 0 Å². The summed E-state index contributed by atoms with van der Waals surface area (Å²) >= 11 is 0. The highest BCUT2D eigenvalue weighted by molar-refractivity contribution is 6.01. The molecule has 88 valence electrons. The number of anilines is 1. The van der Waals surface area contributed by atoms with Crippen molar-refractivity contribution in [2.45, 2.75) is 13.8 Å². The summed E-state index contributed by atoms with van der Waals surface area (Å²) in [4.78, 5) is 6.16. The molecular formula is C11H18N4O. The fourth-order valence-electron chi connectivity index (χ4n) is 1.71. The molecule has 0 radical (unpaired) electrons. The van der Waals surface area contributed by atoms with Crippen molar-refractivity contribution in [3.63, 3.8) is 0 Å². The van der Waals surface area contributed by atoms with Crippen LogP contribution in [0.25, 0.3) is 0 Å². The molecule has 1 heterocycles. The molecule has 0 spiro atoms. The van der Waals surface area contributed by atoms with Crippen LogP contribution in [0.5, 0.6) is 0 Å². The van der Waals surface area contributed by atoms with Gasteiger partial charge in [0, 0.05) is 19.3 Å². The van der Waals surface area contributed by atoms with Crippen LogP contribution < -0.4 is 10.6 Å². The van der Waals surface area contributed by atoms with E-state index in [1.165, 1.54) is 0 Å². The summed E-state index contributed by atoms with van der Waals surface area (Å²) in [7, 11) is 1.86. The number of aliphatic hydroxyl groups is 1. The zero-order chi connectivity index (χ0) is 12.3. The standard InChI is InChI=1S/C11H18N4O/c1-7-6-9(15(3)4-5-16)10(11(12)13)8(2)14-7/h6,16H,4-5H2,1-3H3,(H3,12,13). The van der Waals surface area contributed by atoms with Crippen LogP contribution in [0.15, 0.2) is 6.07 Å². The quantitative estimate of drug-likeness (QED) is 0.509. The number of nitrogens with zero attached hydrogens (tertiary/aromatic N) is 2. The van der Waals surface area contributed by atoms with Gasteiger partial charge in [-0.05, 0) is 19.9 Å². The summed E-state index contributed by atoms with van der Waals surface area (Å²) in [5, 5.41) is 16.5. The lowest BCUT2D eigenvalue weighted by Crippen LogP contribution is -2.26. The Kier molecular flexibility index (Phi) is 3.84. The first-order valence-electron chi connectivity index (χ1n) is 5.12. The monoisotopic (exact) mass is 222 g/mol. The summed E-state index contributed by atoms with van der Waals surface area (Å²) in [5.74, 6) is 0.00443. The van der Waals surface area contributed by atoms with Crippen LogP contribution in [0.3, 0.4) is 0 Å². The van der Waals surface area contributed by atoms with E-state index < -0.39 is 0 Å². The number of aliphatic hydroxyl groups excluding tert-OH is 1. The van der Waals surface area contributed by atoms with Crippen molar-refractivity contribution in [3.05, 3.63) is 23.0 Å². The lowest BCUT2D eigenvalue weighted by Gasteiger charge is -2.22. The van der Waals surface area contributed by atoms with Crippen LogP contribution in [0.2, 0.25) is 0 Å². The van der Waals surface area contributed by atoms with E-state index in [0.29, 0.717) is 12.1 Å². The molecule has 0 aromatic carbocycles. The molecule has 16 heavy (non-hydrogen) atoms. The number of likely N-dealkylation sites (N-methyl/N-ethyl adjacent to an activating group) is 1. The number of aryl methyl sites for hydroxylation is 2. The third kappa shape index (κ3) is 2.49. The van der Waals surface area contributed by atoms with Gasteiger partial charge in [-0.1, -0.05) is 0 Å². The van der Waals surface area contributed by atoms with Gasteiger partial charge in [0.1, 0.15) is 5.84 Å². The summed E-state index contributed by atoms with van der Waals surface area (Å²) in [6, 6.07) is 1.87. The number of amidine groups is 1. The predicted molar refractivity (Wildman–Crippen MR) is 65.1 cm³/mol. The molecule has 5 nitrogen and oxygen atoms in total. The first-order valence-corrected chi connectivity index (χ1v) is 5.12. The Hall–Kier alpha value is -1.62. The van der Waals surface area contributed by atoms with Crippen molar-refractivity contribution >= 4 is 11.5 Å². The first-order chi connectivity index (χ1) is 7.47. The van der Waals surface area contributed by atoms with E-state index in [0.717, 1.165) is 17.1 Å². The number of rotatable bonds is 4. The van der Waals surface area contributed by atoms with E-state index in [9.17, 15) is 0 Å². The van der Waals surface area contributed by atoms with Crippen LogP contribution in [0.4, 0.5) is 5.69 Å².